The average Bonchev–Trinajstić information content (AvgIpc) is 2.60. The van der Waals surface area contributed by atoms with Crippen LogP contribution in [0.25, 0.3) is 10.9 Å². The maximum atomic E-state index is 10.7. The minimum absolute atomic E-state index is 0.0398. The van der Waals surface area contributed by atoms with Crippen molar-refractivity contribution >= 4 is 34.8 Å². The van der Waals surface area contributed by atoms with Gasteiger partial charge in [0.25, 0.3) is 0 Å². The van der Waals surface area contributed by atoms with Crippen LogP contribution in [-0.4, -0.2) is 27.3 Å². The van der Waals surface area contributed by atoms with Crippen LogP contribution < -0.4 is 0 Å². The SMILES string of the molecule is O=Cc1c[nH]c2c(Cl)nc(C(=O)O)cc12. The lowest BCUT2D eigenvalue weighted by Crippen LogP contribution is -2.00. The van der Waals surface area contributed by atoms with Crippen molar-refractivity contribution in [3.8, 4) is 0 Å². The number of rotatable bonds is 2. The predicted octanol–water partition coefficient (Wildman–Crippen LogP) is 1.73. The molecule has 0 amide bonds. The van der Waals surface area contributed by atoms with Crippen molar-refractivity contribution in [2.75, 3.05) is 0 Å². The first-order chi connectivity index (χ1) is 7.13. The van der Waals surface area contributed by atoms with Gasteiger partial charge in [0.2, 0.25) is 0 Å². The zero-order valence-corrected chi connectivity index (χ0v) is 8.08. The van der Waals surface area contributed by atoms with Crippen molar-refractivity contribution in [1.29, 1.82) is 0 Å². The molecular formula is C9H5ClN2O3. The number of hydrogen-bond donors (Lipinski definition) is 2. The number of carboxylic acids is 1. The van der Waals surface area contributed by atoms with Gasteiger partial charge in [-0.15, -0.1) is 0 Å². The number of aldehydes is 1. The molecular weight excluding hydrogens is 220 g/mol. The summed E-state index contributed by atoms with van der Waals surface area (Å²) in [6.07, 6.45) is 2.08. The molecule has 0 fully saturated rings. The highest BCUT2D eigenvalue weighted by Gasteiger charge is 2.13. The Hall–Kier alpha value is -1.88. The molecule has 2 heterocycles. The van der Waals surface area contributed by atoms with E-state index in [9.17, 15) is 9.59 Å². The highest BCUT2D eigenvalue weighted by molar-refractivity contribution is 6.34. The number of carbonyl (C=O) groups is 2. The number of carboxylic acid groups (broad SMARTS) is 1. The van der Waals surface area contributed by atoms with Crippen LogP contribution in [0.4, 0.5) is 0 Å². The van der Waals surface area contributed by atoms with Crippen LogP contribution in [0.2, 0.25) is 5.15 Å². The van der Waals surface area contributed by atoms with Crippen LogP contribution in [-0.2, 0) is 0 Å². The Morgan fingerprint density at radius 3 is 2.93 bits per heavy atom. The number of aromatic nitrogens is 2. The molecule has 0 saturated carbocycles. The smallest absolute Gasteiger partial charge is 0.354 e. The van der Waals surface area contributed by atoms with Crippen LogP contribution in [0.1, 0.15) is 20.8 Å². The summed E-state index contributed by atoms with van der Waals surface area (Å²) in [5.74, 6) is -1.18. The van der Waals surface area contributed by atoms with Crippen molar-refractivity contribution in [3.63, 3.8) is 0 Å². The van der Waals surface area contributed by atoms with E-state index in [1.165, 1.54) is 12.3 Å². The Kier molecular flexibility index (Phi) is 2.17. The van der Waals surface area contributed by atoms with Gasteiger partial charge in [-0.1, -0.05) is 11.6 Å². The largest absolute Gasteiger partial charge is 0.477 e. The molecule has 0 bridgehead atoms. The van der Waals surface area contributed by atoms with E-state index in [0.717, 1.165) is 0 Å². The molecule has 0 radical (unpaired) electrons. The molecule has 0 aromatic carbocycles. The summed E-state index contributed by atoms with van der Waals surface area (Å²) in [5.41, 5.74) is 0.635. The number of H-pyrrole nitrogens is 1. The van der Waals surface area contributed by atoms with Gasteiger partial charge in [0.1, 0.15) is 0 Å². The molecule has 0 aliphatic heterocycles. The molecule has 0 aliphatic carbocycles. The summed E-state index contributed by atoms with van der Waals surface area (Å²) in [6.45, 7) is 0. The average molecular weight is 225 g/mol. The fourth-order valence-corrected chi connectivity index (χ4v) is 1.56. The normalized spacial score (nSPS) is 10.5. The molecule has 15 heavy (non-hydrogen) atoms. The number of hydrogen-bond acceptors (Lipinski definition) is 3. The van der Waals surface area contributed by atoms with Gasteiger partial charge in [0, 0.05) is 17.1 Å². The van der Waals surface area contributed by atoms with E-state index < -0.39 is 5.97 Å². The Bertz CT molecular complexity index is 562. The molecule has 2 aromatic heterocycles. The van der Waals surface area contributed by atoms with E-state index in [2.05, 4.69) is 9.97 Å². The van der Waals surface area contributed by atoms with E-state index in [-0.39, 0.29) is 10.8 Å². The number of fused-ring (bicyclic) bond motifs is 1. The molecule has 5 nitrogen and oxygen atoms in total. The lowest BCUT2D eigenvalue weighted by atomic mass is 10.2. The van der Waals surface area contributed by atoms with E-state index in [1.807, 2.05) is 0 Å². The number of nitrogens with zero attached hydrogens (tertiary/aromatic N) is 1. The molecule has 76 valence electrons. The fraction of sp³-hybridized carbons (Fsp3) is 0. The number of aromatic amines is 1. The quantitative estimate of drug-likeness (QED) is 0.601. The number of halogens is 1. The Morgan fingerprint density at radius 1 is 1.60 bits per heavy atom. The Labute approximate surface area is 88.7 Å². The zero-order chi connectivity index (χ0) is 11.0. The number of pyridine rings is 1. The van der Waals surface area contributed by atoms with Crippen LogP contribution in [0.15, 0.2) is 12.3 Å². The standard InChI is InChI=1S/C9H5ClN2O3/c10-8-7-5(4(3-13)2-11-7)1-6(12-8)9(14)15/h1-3,11H,(H,14,15). The zero-order valence-electron chi connectivity index (χ0n) is 7.32. The van der Waals surface area contributed by atoms with Gasteiger partial charge in [-0.05, 0) is 6.07 Å². The van der Waals surface area contributed by atoms with Crippen molar-refractivity contribution < 1.29 is 14.7 Å². The number of carbonyl (C=O) groups excluding carboxylic acids is 1. The van der Waals surface area contributed by atoms with E-state index in [1.54, 1.807) is 0 Å². The van der Waals surface area contributed by atoms with E-state index in [4.69, 9.17) is 16.7 Å². The Balaban J connectivity index is 2.82. The highest BCUT2D eigenvalue weighted by atomic mass is 35.5. The first-order valence-corrected chi connectivity index (χ1v) is 4.37. The van der Waals surface area contributed by atoms with Crippen LogP contribution in [0.3, 0.4) is 0 Å². The van der Waals surface area contributed by atoms with Gasteiger partial charge in [-0.25, -0.2) is 9.78 Å². The fourth-order valence-electron chi connectivity index (χ4n) is 1.31. The summed E-state index contributed by atoms with van der Waals surface area (Å²) < 4.78 is 0. The van der Waals surface area contributed by atoms with Gasteiger partial charge in [-0.2, -0.15) is 0 Å². The maximum absolute atomic E-state index is 10.7. The summed E-state index contributed by atoms with van der Waals surface area (Å²) in [4.78, 5) is 27.8. The van der Waals surface area contributed by atoms with Crippen molar-refractivity contribution in [2.45, 2.75) is 0 Å². The lowest BCUT2D eigenvalue weighted by molar-refractivity contribution is 0.0690. The van der Waals surface area contributed by atoms with Crippen LogP contribution in [0.5, 0.6) is 0 Å². The van der Waals surface area contributed by atoms with Gasteiger partial charge in [0.15, 0.2) is 17.1 Å². The molecule has 0 saturated heterocycles. The topological polar surface area (TPSA) is 83.0 Å². The van der Waals surface area contributed by atoms with Crippen LogP contribution >= 0.6 is 11.6 Å². The number of aromatic carboxylic acids is 1. The molecule has 6 heteroatoms. The second-order valence-corrected chi connectivity index (χ2v) is 3.25. The monoisotopic (exact) mass is 224 g/mol. The lowest BCUT2D eigenvalue weighted by Gasteiger charge is -1.97. The van der Waals surface area contributed by atoms with Crippen molar-refractivity contribution in [3.05, 3.63) is 28.7 Å². The molecule has 2 aromatic rings. The maximum Gasteiger partial charge on any atom is 0.354 e. The first kappa shape index (κ1) is 9.67. The van der Waals surface area contributed by atoms with Crippen molar-refractivity contribution in [2.24, 2.45) is 0 Å². The second kappa shape index (κ2) is 3.36. The summed E-state index contributed by atoms with van der Waals surface area (Å²) in [6, 6.07) is 1.31. The third kappa shape index (κ3) is 1.46. The summed E-state index contributed by atoms with van der Waals surface area (Å²) in [7, 11) is 0. The summed E-state index contributed by atoms with van der Waals surface area (Å²) >= 11 is 5.75. The predicted molar refractivity (Wildman–Crippen MR) is 53.5 cm³/mol. The molecule has 0 aliphatic rings. The third-order valence-corrected chi connectivity index (χ3v) is 2.28. The number of nitrogens with one attached hydrogen (secondary N) is 1. The van der Waals surface area contributed by atoms with E-state index in [0.29, 0.717) is 22.8 Å². The molecule has 0 atom stereocenters. The van der Waals surface area contributed by atoms with Gasteiger partial charge in [-0.3, -0.25) is 4.79 Å². The summed E-state index contributed by atoms with van der Waals surface area (Å²) in [5, 5.41) is 9.25. The van der Waals surface area contributed by atoms with E-state index >= 15 is 0 Å². The Morgan fingerprint density at radius 2 is 2.33 bits per heavy atom. The highest BCUT2D eigenvalue weighted by Crippen LogP contribution is 2.23. The minimum atomic E-state index is -1.18. The van der Waals surface area contributed by atoms with Gasteiger partial charge >= 0.3 is 5.97 Å². The third-order valence-electron chi connectivity index (χ3n) is 2.00. The molecule has 0 unspecified atom stereocenters. The van der Waals surface area contributed by atoms with Crippen molar-refractivity contribution in [1.82, 2.24) is 9.97 Å². The second-order valence-electron chi connectivity index (χ2n) is 2.89. The van der Waals surface area contributed by atoms with Crippen LogP contribution in [0, 0.1) is 0 Å². The first-order valence-electron chi connectivity index (χ1n) is 3.99. The molecule has 2 N–H and O–H groups in total. The van der Waals surface area contributed by atoms with Gasteiger partial charge in [0.05, 0.1) is 5.52 Å². The molecule has 0 spiro atoms. The van der Waals surface area contributed by atoms with Gasteiger partial charge < -0.3 is 10.1 Å². The molecule has 2 rings (SSSR count). The minimum Gasteiger partial charge on any atom is -0.477 e.